The lowest BCUT2D eigenvalue weighted by molar-refractivity contribution is -0.141. The van der Waals surface area contributed by atoms with Crippen molar-refractivity contribution in [1.29, 1.82) is 0 Å². The monoisotopic (exact) mass is 308 g/mol. The van der Waals surface area contributed by atoms with Crippen molar-refractivity contribution in [2.24, 2.45) is 0 Å². The molecule has 0 bridgehead atoms. The van der Waals surface area contributed by atoms with Crippen molar-refractivity contribution < 1.29 is 13.2 Å². The number of anilines is 1. The van der Waals surface area contributed by atoms with E-state index >= 15 is 0 Å². The molecule has 0 aromatic carbocycles. The number of hydrogen-bond acceptors (Lipinski definition) is 4. The third-order valence-electron chi connectivity index (χ3n) is 3.56. The Balaban J connectivity index is 2.10. The number of halogens is 3. The normalized spacial score (nSPS) is 14.9. The van der Waals surface area contributed by atoms with Crippen LogP contribution in [0.1, 0.15) is 25.5 Å². The SMILES string of the molecule is CCN(c1cc(C(F)(F)F)nc(-c2ccncc2)n1)C1CC1. The van der Waals surface area contributed by atoms with E-state index in [4.69, 9.17) is 0 Å². The molecule has 0 atom stereocenters. The minimum absolute atomic E-state index is 0.0753. The molecule has 1 aliphatic carbocycles. The largest absolute Gasteiger partial charge is 0.433 e. The fourth-order valence-corrected chi connectivity index (χ4v) is 2.35. The first-order chi connectivity index (χ1) is 10.5. The van der Waals surface area contributed by atoms with E-state index in [2.05, 4.69) is 15.0 Å². The van der Waals surface area contributed by atoms with Gasteiger partial charge in [0.25, 0.3) is 0 Å². The van der Waals surface area contributed by atoms with Crippen molar-refractivity contribution in [3.05, 3.63) is 36.3 Å². The minimum atomic E-state index is -4.50. The van der Waals surface area contributed by atoms with Crippen LogP contribution in [0.5, 0.6) is 0 Å². The van der Waals surface area contributed by atoms with Gasteiger partial charge in [-0.25, -0.2) is 9.97 Å². The summed E-state index contributed by atoms with van der Waals surface area (Å²) in [4.78, 5) is 13.8. The molecule has 0 spiro atoms. The van der Waals surface area contributed by atoms with E-state index in [-0.39, 0.29) is 11.9 Å². The Hall–Kier alpha value is -2.18. The fourth-order valence-electron chi connectivity index (χ4n) is 2.35. The summed E-state index contributed by atoms with van der Waals surface area (Å²) in [5, 5.41) is 0. The van der Waals surface area contributed by atoms with Gasteiger partial charge < -0.3 is 4.90 Å². The van der Waals surface area contributed by atoms with Crippen molar-refractivity contribution >= 4 is 5.82 Å². The van der Waals surface area contributed by atoms with Gasteiger partial charge in [0, 0.05) is 36.6 Å². The minimum Gasteiger partial charge on any atom is -0.354 e. The Morgan fingerprint density at radius 2 is 1.86 bits per heavy atom. The van der Waals surface area contributed by atoms with E-state index in [0.717, 1.165) is 18.9 Å². The van der Waals surface area contributed by atoms with Crippen LogP contribution < -0.4 is 4.90 Å². The van der Waals surface area contributed by atoms with E-state index in [1.807, 2.05) is 11.8 Å². The molecular formula is C15H15F3N4. The van der Waals surface area contributed by atoms with Gasteiger partial charge in [-0.05, 0) is 31.9 Å². The third kappa shape index (κ3) is 3.03. The molecule has 0 saturated heterocycles. The van der Waals surface area contributed by atoms with E-state index in [1.165, 1.54) is 12.4 Å². The first-order valence-corrected chi connectivity index (χ1v) is 7.12. The standard InChI is InChI=1S/C15H15F3N4/c1-2-22(11-3-4-11)13-9-12(15(16,17)18)20-14(21-13)10-5-7-19-8-6-10/h5-9,11H,2-4H2,1H3. The maximum atomic E-state index is 13.1. The van der Waals surface area contributed by atoms with Crippen molar-refractivity contribution in [2.45, 2.75) is 32.0 Å². The van der Waals surface area contributed by atoms with Crippen LogP contribution in [0.25, 0.3) is 11.4 Å². The molecule has 0 radical (unpaired) electrons. The maximum Gasteiger partial charge on any atom is 0.433 e. The molecule has 1 aliphatic rings. The Bertz CT molecular complexity index is 654. The molecule has 1 saturated carbocycles. The summed E-state index contributed by atoms with van der Waals surface area (Å²) in [6.45, 7) is 2.54. The first-order valence-electron chi connectivity index (χ1n) is 7.12. The molecule has 4 nitrogen and oxygen atoms in total. The van der Waals surface area contributed by atoms with Gasteiger partial charge in [0.05, 0.1) is 0 Å². The van der Waals surface area contributed by atoms with Crippen molar-refractivity contribution in [2.75, 3.05) is 11.4 Å². The Labute approximate surface area is 126 Å². The lowest BCUT2D eigenvalue weighted by Crippen LogP contribution is -2.27. The number of aromatic nitrogens is 3. The van der Waals surface area contributed by atoms with Gasteiger partial charge in [0.1, 0.15) is 5.82 Å². The summed E-state index contributed by atoms with van der Waals surface area (Å²) in [5.74, 6) is 0.408. The van der Waals surface area contributed by atoms with Gasteiger partial charge in [0.15, 0.2) is 11.5 Å². The predicted octanol–water partition coefficient (Wildman–Crippen LogP) is 3.55. The number of alkyl halides is 3. The van der Waals surface area contributed by atoms with Gasteiger partial charge in [0.2, 0.25) is 0 Å². The molecular weight excluding hydrogens is 293 g/mol. The Morgan fingerprint density at radius 1 is 1.18 bits per heavy atom. The average Bonchev–Trinajstić information content (AvgIpc) is 3.33. The first kappa shape index (κ1) is 14.7. The van der Waals surface area contributed by atoms with Gasteiger partial charge in [-0.1, -0.05) is 0 Å². The highest BCUT2D eigenvalue weighted by atomic mass is 19.4. The van der Waals surface area contributed by atoms with Crippen LogP contribution in [-0.2, 0) is 6.18 Å². The Kier molecular flexibility index (Phi) is 3.72. The van der Waals surface area contributed by atoms with Gasteiger partial charge in [-0.3, -0.25) is 4.98 Å². The lowest BCUT2D eigenvalue weighted by atomic mass is 10.2. The van der Waals surface area contributed by atoms with Crippen LogP contribution in [0.4, 0.5) is 19.0 Å². The van der Waals surface area contributed by atoms with Crippen LogP contribution in [-0.4, -0.2) is 27.5 Å². The van der Waals surface area contributed by atoms with E-state index in [0.29, 0.717) is 17.9 Å². The molecule has 7 heteroatoms. The van der Waals surface area contributed by atoms with Gasteiger partial charge in [-0.2, -0.15) is 13.2 Å². The summed E-state index contributed by atoms with van der Waals surface area (Å²) in [5.41, 5.74) is -0.391. The van der Waals surface area contributed by atoms with Crippen LogP contribution >= 0.6 is 0 Å². The van der Waals surface area contributed by atoms with Crippen LogP contribution in [0.2, 0.25) is 0 Å². The highest BCUT2D eigenvalue weighted by molar-refractivity contribution is 5.58. The molecule has 22 heavy (non-hydrogen) atoms. The van der Waals surface area contributed by atoms with Crippen molar-refractivity contribution in [3.8, 4) is 11.4 Å². The molecule has 0 N–H and O–H groups in total. The van der Waals surface area contributed by atoms with Crippen molar-refractivity contribution in [1.82, 2.24) is 15.0 Å². The van der Waals surface area contributed by atoms with Crippen LogP contribution in [0, 0.1) is 0 Å². The molecule has 0 amide bonds. The van der Waals surface area contributed by atoms with Crippen LogP contribution in [0.15, 0.2) is 30.6 Å². The number of hydrogen-bond donors (Lipinski definition) is 0. The molecule has 116 valence electrons. The summed E-state index contributed by atoms with van der Waals surface area (Å²) in [6, 6.07) is 4.53. The zero-order valence-corrected chi connectivity index (χ0v) is 12.0. The average molecular weight is 308 g/mol. The quantitative estimate of drug-likeness (QED) is 0.866. The molecule has 0 unspecified atom stereocenters. The number of rotatable bonds is 4. The third-order valence-corrected chi connectivity index (χ3v) is 3.56. The fraction of sp³-hybridized carbons (Fsp3) is 0.400. The van der Waals surface area contributed by atoms with E-state index in [1.54, 1.807) is 12.1 Å². The predicted molar refractivity (Wildman–Crippen MR) is 76.3 cm³/mol. The highest BCUT2D eigenvalue weighted by Gasteiger charge is 2.36. The van der Waals surface area contributed by atoms with Gasteiger partial charge >= 0.3 is 6.18 Å². The molecule has 2 aromatic heterocycles. The summed E-state index contributed by atoms with van der Waals surface area (Å²) in [7, 11) is 0. The second-order valence-corrected chi connectivity index (χ2v) is 5.19. The molecule has 2 aromatic rings. The molecule has 0 aliphatic heterocycles. The lowest BCUT2D eigenvalue weighted by Gasteiger charge is -2.23. The van der Waals surface area contributed by atoms with Gasteiger partial charge in [-0.15, -0.1) is 0 Å². The van der Waals surface area contributed by atoms with E-state index in [9.17, 15) is 13.2 Å². The summed E-state index contributed by atoms with van der Waals surface area (Å²) >= 11 is 0. The second-order valence-electron chi connectivity index (χ2n) is 5.19. The molecule has 1 fully saturated rings. The van der Waals surface area contributed by atoms with Crippen molar-refractivity contribution in [3.63, 3.8) is 0 Å². The number of pyridine rings is 1. The zero-order chi connectivity index (χ0) is 15.7. The van der Waals surface area contributed by atoms with Crippen LogP contribution in [0.3, 0.4) is 0 Å². The number of nitrogens with zero attached hydrogens (tertiary/aromatic N) is 4. The second kappa shape index (κ2) is 5.55. The summed E-state index contributed by atoms with van der Waals surface area (Å²) in [6.07, 6.45) is 0.504. The smallest absolute Gasteiger partial charge is 0.354 e. The molecule has 3 rings (SSSR count). The summed E-state index contributed by atoms with van der Waals surface area (Å²) < 4.78 is 39.4. The highest BCUT2D eigenvalue weighted by Crippen LogP contribution is 2.35. The molecule has 2 heterocycles. The zero-order valence-electron chi connectivity index (χ0n) is 12.0. The Morgan fingerprint density at radius 3 is 2.41 bits per heavy atom. The maximum absolute atomic E-state index is 13.1. The topological polar surface area (TPSA) is 41.9 Å². The van der Waals surface area contributed by atoms with E-state index < -0.39 is 11.9 Å².